The largest absolute Gasteiger partial charge is 0.476 e. The highest BCUT2D eigenvalue weighted by atomic mass is 32.1. The molecule has 4 nitrogen and oxygen atoms in total. The molecular formula is C7H6N2O2S. The molecule has 0 saturated carbocycles. The number of aromatic nitrogens is 2. The minimum absolute atomic E-state index is 0.133. The first-order chi connectivity index (χ1) is 5.70. The molecule has 0 radical (unpaired) electrons. The van der Waals surface area contributed by atoms with Gasteiger partial charge >= 0.3 is 5.97 Å². The van der Waals surface area contributed by atoms with Crippen LogP contribution < -0.4 is 0 Å². The Labute approximate surface area is 72.1 Å². The Hall–Kier alpha value is -1.36. The second-order valence-electron chi connectivity index (χ2n) is 2.45. The molecule has 0 bridgehead atoms. The number of nitrogens with zero attached hydrogens (tertiary/aromatic N) is 2. The summed E-state index contributed by atoms with van der Waals surface area (Å²) >= 11 is 1.40. The Kier molecular flexibility index (Phi) is 1.41. The summed E-state index contributed by atoms with van der Waals surface area (Å²) in [7, 11) is 0. The first-order valence-corrected chi connectivity index (χ1v) is 4.22. The van der Waals surface area contributed by atoms with Crippen LogP contribution in [0.1, 0.15) is 16.2 Å². The number of thiazole rings is 1. The zero-order chi connectivity index (χ0) is 8.72. The number of imidazole rings is 1. The van der Waals surface area contributed by atoms with E-state index in [1.807, 2.05) is 12.3 Å². The lowest BCUT2D eigenvalue weighted by atomic mass is 10.5. The van der Waals surface area contributed by atoms with Crippen LogP contribution >= 0.6 is 11.3 Å². The van der Waals surface area contributed by atoms with E-state index in [2.05, 4.69) is 4.98 Å². The van der Waals surface area contributed by atoms with Gasteiger partial charge in [-0.2, -0.15) is 0 Å². The predicted octanol–water partition coefficient (Wildman–Crippen LogP) is 1.40. The van der Waals surface area contributed by atoms with Gasteiger partial charge in [0.15, 0.2) is 5.69 Å². The quantitative estimate of drug-likeness (QED) is 0.725. The average Bonchev–Trinajstić information content (AvgIpc) is 2.53. The third kappa shape index (κ3) is 0.831. The van der Waals surface area contributed by atoms with Crippen molar-refractivity contribution in [3.8, 4) is 0 Å². The molecule has 5 heteroatoms. The molecule has 2 aromatic rings. The fourth-order valence-electron chi connectivity index (χ4n) is 1.05. The molecule has 0 aliphatic rings. The number of carboxylic acid groups (broad SMARTS) is 1. The molecule has 0 aliphatic heterocycles. The van der Waals surface area contributed by atoms with E-state index in [4.69, 9.17) is 5.11 Å². The Morgan fingerprint density at radius 2 is 2.50 bits per heavy atom. The second-order valence-corrected chi connectivity index (χ2v) is 3.31. The molecule has 0 fully saturated rings. The van der Waals surface area contributed by atoms with Crippen LogP contribution in [0.3, 0.4) is 0 Å². The van der Waals surface area contributed by atoms with Crippen LogP contribution in [-0.4, -0.2) is 20.5 Å². The van der Waals surface area contributed by atoms with Gasteiger partial charge in [-0.05, 0) is 6.92 Å². The summed E-state index contributed by atoms with van der Waals surface area (Å²) in [4.78, 5) is 15.1. The Balaban J connectivity index is 2.79. The van der Waals surface area contributed by atoms with Gasteiger partial charge in [0.1, 0.15) is 11.2 Å². The third-order valence-electron chi connectivity index (χ3n) is 1.65. The number of hydrogen-bond acceptors (Lipinski definition) is 3. The molecule has 0 saturated heterocycles. The maximum absolute atomic E-state index is 10.6. The first-order valence-electron chi connectivity index (χ1n) is 3.34. The van der Waals surface area contributed by atoms with Crippen molar-refractivity contribution in [1.29, 1.82) is 0 Å². The fourth-order valence-corrected chi connectivity index (χ4v) is 2.00. The molecule has 12 heavy (non-hydrogen) atoms. The predicted molar refractivity (Wildman–Crippen MR) is 44.8 cm³/mol. The highest BCUT2D eigenvalue weighted by Crippen LogP contribution is 2.19. The summed E-state index contributed by atoms with van der Waals surface area (Å²) in [6, 6.07) is 0. The van der Waals surface area contributed by atoms with E-state index in [0.29, 0.717) is 4.83 Å². The van der Waals surface area contributed by atoms with Crippen molar-refractivity contribution >= 4 is 22.1 Å². The van der Waals surface area contributed by atoms with Gasteiger partial charge in [-0.1, -0.05) is 0 Å². The van der Waals surface area contributed by atoms with Gasteiger partial charge < -0.3 is 5.11 Å². The highest BCUT2D eigenvalue weighted by molar-refractivity contribution is 7.16. The van der Waals surface area contributed by atoms with E-state index < -0.39 is 5.97 Å². The van der Waals surface area contributed by atoms with Crippen molar-refractivity contribution in [2.45, 2.75) is 6.92 Å². The normalized spacial score (nSPS) is 10.8. The van der Waals surface area contributed by atoms with Gasteiger partial charge in [0.05, 0.1) is 0 Å². The van der Waals surface area contributed by atoms with Gasteiger partial charge in [0.25, 0.3) is 0 Å². The molecule has 0 amide bonds. The summed E-state index contributed by atoms with van der Waals surface area (Å²) in [6.07, 6.45) is 1.53. The van der Waals surface area contributed by atoms with Crippen molar-refractivity contribution in [2.75, 3.05) is 0 Å². The first kappa shape index (κ1) is 7.30. The Bertz CT molecular complexity index is 443. The summed E-state index contributed by atoms with van der Waals surface area (Å²) in [5.74, 6) is -0.973. The van der Waals surface area contributed by atoms with Crippen LogP contribution in [0.2, 0.25) is 0 Å². The maximum Gasteiger partial charge on any atom is 0.357 e. The number of hydrogen-bond donors (Lipinski definition) is 1. The highest BCUT2D eigenvalue weighted by Gasteiger charge is 2.13. The zero-order valence-corrected chi connectivity index (χ0v) is 7.13. The van der Waals surface area contributed by atoms with Crippen molar-refractivity contribution in [3.05, 3.63) is 23.1 Å². The lowest BCUT2D eigenvalue weighted by molar-refractivity contribution is 0.0693. The summed E-state index contributed by atoms with van der Waals surface area (Å²) in [5, 5.41) is 10.6. The topological polar surface area (TPSA) is 54.6 Å². The minimum Gasteiger partial charge on any atom is -0.476 e. The van der Waals surface area contributed by atoms with Crippen LogP contribution in [0, 0.1) is 6.92 Å². The number of aryl methyl sites for hydroxylation is 1. The van der Waals surface area contributed by atoms with E-state index in [9.17, 15) is 4.79 Å². The second kappa shape index (κ2) is 2.31. The van der Waals surface area contributed by atoms with Gasteiger partial charge in [0, 0.05) is 11.1 Å². The van der Waals surface area contributed by atoms with Crippen molar-refractivity contribution in [3.63, 3.8) is 0 Å². The number of rotatable bonds is 1. The Morgan fingerprint density at radius 3 is 3.17 bits per heavy atom. The molecule has 0 spiro atoms. The fraction of sp³-hybridized carbons (Fsp3) is 0.143. The van der Waals surface area contributed by atoms with Crippen LogP contribution in [0.25, 0.3) is 4.83 Å². The van der Waals surface area contributed by atoms with Gasteiger partial charge in [-0.15, -0.1) is 11.3 Å². The third-order valence-corrected chi connectivity index (χ3v) is 2.72. The molecular weight excluding hydrogens is 176 g/mol. The molecule has 0 atom stereocenters. The number of carboxylic acids is 1. The van der Waals surface area contributed by atoms with Crippen LogP contribution in [0.15, 0.2) is 11.7 Å². The summed E-state index contributed by atoms with van der Waals surface area (Å²) in [5.41, 5.74) is 1.14. The number of fused-ring (bicyclic) bond motifs is 1. The van der Waals surface area contributed by atoms with E-state index in [-0.39, 0.29) is 5.69 Å². The SMILES string of the molecule is Cc1csc2c(C(=O)O)ncn12. The standard InChI is InChI=1S/C7H6N2O2S/c1-4-2-12-6-5(7(10)11)8-3-9(4)6/h2-3H,1H3,(H,10,11). The molecule has 1 N–H and O–H groups in total. The molecule has 2 rings (SSSR count). The summed E-state index contributed by atoms with van der Waals surface area (Å²) < 4.78 is 1.77. The van der Waals surface area contributed by atoms with Crippen molar-refractivity contribution in [2.24, 2.45) is 0 Å². The van der Waals surface area contributed by atoms with E-state index >= 15 is 0 Å². The van der Waals surface area contributed by atoms with Crippen molar-refractivity contribution < 1.29 is 9.90 Å². The lowest BCUT2D eigenvalue weighted by Crippen LogP contribution is -1.95. The average molecular weight is 182 g/mol. The molecule has 0 unspecified atom stereocenters. The summed E-state index contributed by atoms with van der Waals surface area (Å²) in [6.45, 7) is 1.91. The zero-order valence-electron chi connectivity index (χ0n) is 6.31. The minimum atomic E-state index is -0.973. The molecule has 2 aromatic heterocycles. The van der Waals surface area contributed by atoms with E-state index in [0.717, 1.165) is 5.69 Å². The van der Waals surface area contributed by atoms with Gasteiger partial charge in [-0.3, -0.25) is 4.40 Å². The van der Waals surface area contributed by atoms with E-state index in [1.54, 1.807) is 4.40 Å². The van der Waals surface area contributed by atoms with Crippen LogP contribution in [0.5, 0.6) is 0 Å². The molecule has 0 aromatic carbocycles. The molecule has 62 valence electrons. The molecule has 0 aliphatic carbocycles. The smallest absolute Gasteiger partial charge is 0.357 e. The number of carbonyl (C=O) groups is 1. The maximum atomic E-state index is 10.6. The molecule has 2 heterocycles. The van der Waals surface area contributed by atoms with E-state index in [1.165, 1.54) is 17.7 Å². The van der Waals surface area contributed by atoms with Crippen LogP contribution in [0.4, 0.5) is 0 Å². The number of aromatic carboxylic acids is 1. The van der Waals surface area contributed by atoms with Crippen LogP contribution in [-0.2, 0) is 0 Å². The monoisotopic (exact) mass is 182 g/mol. The lowest BCUT2D eigenvalue weighted by Gasteiger charge is -1.84. The Morgan fingerprint density at radius 1 is 1.75 bits per heavy atom. The van der Waals surface area contributed by atoms with Gasteiger partial charge in [-0.25, -0.2) is 9.78 Å². The van der Waals surface area contributed by atoms with Crippen molar-refractivity contribution in [1.82, 2.24) is 9.38 Å². The van der Waals surface area contributed by atoms with Gasteiger partial charge in [0.2, 0.25) is 0 Å².